The molecule has 0 radical (unpaired) electrons. The lowest BCUT2D eigenvalue weighted by Crippen LogP contribution is -2.45. The van der Waals surface area contributed by atoms with Crippen LogP contribution in [0.4, 0.5) is 0 Å². The summed E-state index contributed by atoms with van der Waals surface area (Å²) in [4.78, 5) is 4.83. The highest BCUT2D eigenvalue weighted by atomic mass is 15.0. The van der Waals surface area contributed by atoms with E-state index in [1.165, 1.54) is 44.7 Å². The van der Waals surface area contributed by atoms with E-state index in [0.717, 1.165) is 32.2 Å². The average Bonchev–Trinajstić information content (AvgIpc) is 3.12. The fourth-order valence-corrected chi connectivity index (χ4v) is 5.93. The number of nitrogens with zero attached hydrogens (tertiary/aromatic N) is 2. The largest absolute Gasteiger partial charge is 0.269 e. The van der Waals surface area contributed by atoms with Gasteiger partial charge in [0, 0.05) is 47.0 Å². The van der Waals surface area contributed by atoms with Crippen molar-refractivity contribution in [2.45, 2.75) is 66.8 Å². The first-order chi connectivity index (χ1) is 16.8. The Kier molecular flexibility index (Phi) is 6.49. The van der Waals surface area contributed by atoms with Gasteiger partial charge in [0.2, 0.25) is 5.69 Å². The van der Waals surface area contributed by atoms with Crippen LogP contribution in [-0.4, -0.2) is 6.21 Å². The van der Waals surface area contributed by atoms with Crippen molar-refractivity contribution in [2.24, 2.45) is 22.2 Å². The molecule has 1 aromatic heterocycles. The van der Waals surface area contributed by atoms with Gasteiger partial charge in [0.05, 0.1) is 0 Å². The van der Waals surface area contributed by atoms with Crippen LogP contribution in [0.2, 0.25) is 0 Å². The maximum absolute atomic E-state index is 4.83. The van der Waals surface area contributed by atoms with E-state index in [9.17, 15) is 0 Å². The second-order valence-corrected chi connectivity index (χ2v) is 11.3. The predicted molar refractivity (Wildman–Crippen MR) is 148 cm³/mol. The topological polar surface area (TPSA) is 16.2 Å². The summed E-state index contributed by atoms with van der Waals surface area (Å²) in [7, 11) is 0. The van der Waals surface area contributed by atoms with Crippen LogP contribution in [0, 0.1) is 17.3 Å². The number of aromatic nitrogens is 1. The van der Waals surface area contributed by atoms with Crippen LogP contribution in [0.25, 0.3) is 5.57 Å². The molecular formula is C33H39N2+. The smallest absolute Gasteiger partial charge is 0.209 e. The molecule has 2 heteroatoms. The van der Waals surface area contributed by atoms with Gasteiger partial charge in [-0.15, -0.1) is 0 Å². The minimum absolute atomic E-state index is 0.0280. The molecule has 180 valence electrons. The van der Waals surface area contributed by atoms with Crippen LogP contribution < -0.4 is 4.57 Å². The molecule has 1 aromatic rings. The molecule has 0 saturated heterocycles. The quantitative estimate of drug-likeness (QED) is 0.240. The molecule has 2 atom stereocenters. The summed E-state index contributed by atoms with van der Waals surface area (Å²) in [6.07, 6.45) is 25.3. The monoisotopic (exact) mass is 463 g/mol. The number of allylic oxidation sites excluding steroid dienone is 13. The number of hydrogen-bond donors (Lipinski definition) is 0. The third-order valence-electron chi connectivity index (χ3n) is 7.93. The van der Waals surface area contributed by atoms with E-state index in [2.05, 4.69) is 112 Å². The highest BCUT2D eigenvalue weighted by molar-refractivity contribution is 5.76. The van der Waals surface area contributed by atoms with Crippen LogP contribution in [0.1, 0.15) is 66.0 Å². The Morgan fingerprint density at radius 1 is 1.20 bits per heavy atom. The van der Waals surface area contributed by atoms with Gasteiger partial charge < -0.3 is 0 Å². The van der Waals surface area contributed by atoms with E-state index in [-0.39, 0.29) is 5.41 Å². The van der Waals surface area contributed by atoms with Crippen LogP contribution in [-0.2, 0) is 6.54 Å². The lowest BCUT2D eigenvalue weighted by Gasteiger charge is -2.33. The van der Waals surface area contributed by atoms with Crippen molar-refractivity contribution in [1.29, 1.82) is 0 Å². The normalized spacial score (nSPS) is 24.4. The third kappa shape index (κ3) is 4.63. The van der Waals surface area contributed by atoms with Crippen molar-refractivity contribution in [1.82, 2.24) is 0 Å². The van der Waals surface area contributed by atoms with E-state index in [0.29, 0.717) is 11.8 Å². The first-order valence-electron chi connectivity index (χ1n) is 13.2. The Morgan fingerprint density at radius 3 is 2.83 bits per heavy atom. The van der Waals surface area contributed by atoms with Crippen molar-refractivity contribution in [3.8, 4) is 0 Å². The molecule has 0 aromatic carbocycles. The molecule has 1 aliphatic heterocycles. The first kappa shape index (κ1) is 23.7. The first-order valence-corrected chi connectivity index (χ1v) is 13.2. The van der Waals surface area contributed by atoms with E-state index in [1.54, 1.807) is 0 Å². The molecule has 4 aliphatic rings. The molecule has 0 spiro atoms. The molecule has 3 aliphatic carbocycles. The summed E-state index contributed by atoms with van der Waals surface area (Å²) >= 11 is 0. The molecule has 2 heterocycles. The van der Waals surface area contributed by atoms with E-state index >= 15 is 0 Å². The highest BCUT2D eigenvalue weighted by Crippen LogP contribution is 2.54. The Morgan fingerprint density at radius 2 is 2.06 bits per heavy atom. The highest BCUT2D eigenvalue weighted by Gasteiger charge is 2.43. The molecule has 2 nitrogen and oxygen atoms in total. The number of rotatable bonds is 5. The van der Waals surface area contributed by atoms with Crippen LogP contribution >= 0.6 is 0 Å². The van der Waals surface area contributed by atoms with Crippen LogP contribution in [0.5, 0.6) is 0 Å². The average molecular weight is 464 g/mol. The molecule has 0 saturated carbocycles. The van der Waals surface area contributed by atoms with Crippen molar-refractivity contribution < 1.29 is 4.57 Å². The van der Waals surface area contributed by atoms with Gasteiger partial charge in [0.25, 0.3) is 0 Å². The fourth-order valence-electron chi connectivity index (χ4n) is 5.93. The number of fused-ring (bicyclic) bond motifs is 3. The van der Waals surface area contributed by atoms with Crippen molar-refractivity contribution >= 4 is 11.8 Å². The third-order valence-corrected chi connectivity index (χ3v) is 7.93. The zero-order valence-corrected chi connectivity index (χ0v) is 22.0. The second kappa shape index (κ2) is 9.57. The lowest BCUT2D eigenvalue weighted by molar-refractivity contribution is -0.694. The Bertz CT molecular complexity index is 1270. The zero-order valence-electron chi connectivity index (χ0n) is 22.0. The van der Waals surface area contributed by atoms with Gasteiger partial charge in [-0.2, -0.15) is 4.57 Å². The Hall–Kier alpha value is -3.00. The van der Waals surface area contributed by atoms with E-state index in [4.69, 9.17) is 4.99 Å². The summed E-state index contributed by atoms with van der Waals surface area (Å²) < 4.78 is 2.39. The SMILES string of the molecule is CC(C)=CCC(C)/C=N/C=C1/C[n+]2ccccc2C2=CC3=C(C=C(C4=CCCC=C4)C3(C)C)CC21. The molecule has 35 heavy (non-hydrogen) atoms. The van der Waals surface area contributed by atoms with Crippen molar-refractivity contribution in [2.75, 3.05) is 0 Å². The van der Waals surface area contributed by atoms with Gasteiger partial charge in [-0.05, 0) is 79.9 Å². The Balaban J connectivity index is 1.50. The van der Waals surface area contributed by atoms with Crippen molar-refractivity contribution in [3.63, 3.8) is 0 Å². The standard InChI is InChI=1S/C33H39N2/c1-23(2)14-15-24(3)20-34-21-27-22-35-16-10-9-13-32(35)29-19-31-26(17-28(27)29)18-30(33(31,4)5)25-11-7-6-8-12-25/h7,9-14,16,18-21,24,28H,6,8,15,17,22H2,1-5H3/q+1/b27-21-,34-20+. The second-order valence-electron chi connectivity index (χ2n) is 11.3. The molecule has 0 amide bonds. The summed E-state index contributed by atoms with van der Waals surface area (Å²) in [5.74, 6) is 0.836. The van der Waals surface area contributed by atoms with Gasteiger partial charge in [0.15, 0.2) is 12.7 Å². The predicted octanol–water partition coefficient (Wildman–Crippen LogP) is 7.88. The molecule has 0 bridgehead atoms. The van der Waals surface area contributed by atoms with Gasteiger partial charge in [0.1, 0.15) is 0 Å². The summed E-state index contributed by atoms with van der Waals surface area (Å²) in [5.41, 5.74) is 11.5. The molecule has 5 rings (SSSR count). The number of pyridine rings is 1. The minimum atomic E-state index is 0.0280. The van der Waals surface area contributed by atoms with Gasteiger partial charge in [-0.3, -0.25) is 4.99 Å². The minimum Gasteiger partial charge on any atom is -0.269 e. The molecule has 0 fully saturated rings. The van der Waals surface area contributed by atoms with Gasteiger partial charge >= 0.3 is 0 Å². The Labute approximate surface area is 211 Å². The molecular weight excluding hydrogens is 424 g/mol. The van der Waals surface area contributed by atoms with E-state index in [1.807, 2.05) is 0 Å². The van der Waals surface area contributed by atoms with Crippen LogP contribution in [0.3, 0.4) is 0 Å². The summed E-state index contributed by atoms with van der Waals surface area (Å²) in [5, 5.41) is 0. The van der Waals surface area contributed by atoms with Gasteiger partial charge in [-0.1, -0.05) is 56.7 Å². The summed E-state index contributed by atoms with van der Waals surface area (Å²) in [6.45, 7) is 12.3. The summed E-state index contributed by atoms with van der Waals surface area (Å²) in [6, 6.07) is 6.60. The fraction of sp³-hybridized carbons (Fsp3) is 0.394. The number of hydrogen-bond acceptors (Lipinski definition) is 1. The molecule has 2 unspecified atom stereocenters. The van der Waals surface area contributed by atoms with Crippen molar-refractivity contribution in [3.05, 3.63) is 106 Å². The molecule has 0 N–H and O–H groups in total. The van der Waals surface area contributed by atoms with E-state index < -0.39 is 0 Å². The lowest BCUT2D eigenvalue weighted by atomic mass is 9.71. The zero-order chi connectivity index (χ0) is 24.6. The van der Waals surface area contributed by atoms with Gasteiger partial charge in [-0.25, -0.2) is 0 Å². The number of aliphatic imine (C=N–C) groups is 1. The maximum Gasteiger partial charge on any atom is 0.209 e. The maximum atomic E-state index is 4.83. The van der Waals surface area contributed by atoms with Crippen LogP contribution in [0.15, 0.2) is 105 Å².